The predicted octanol–water partition coefficient (Wildman–Crippen LogP) is -1.04. The Morgan fingerprint density at radius 2 is 1.70 bits per heavy atom. The fourth-order valence-electron chi connectivity index (χ4n) is 3.66. The summed E-state index contributed by atoms with van der Waals surface area (Å²) in [6.07, 6.45) is 0.149. The van der Waals surface area contributed by atoms with Gasteiger partial charge < -0.3 is 37.2 Å². The summed E-state index contributed by atoms with van der Waals surface area (Å²) >= 11 is 0.886. The van der Waals surface area contributed by atoms with Gasteiger partial charge in [-0.3, -0.25) is 38.9 Å². The van der Waals surface area contributed by atoms with Crippen molar-refractivity contribution in [2.24, 2.45) is 5.73 Å². The zero-order chi connectivity index (χ0) is 29.8. The zero-order valence-electron chi connectivity index (χ0n) is 21.2. The first-order valence-electron chi connectivity index (χ1n) is 12.2. The van der Waals surface area contributed by atoms with E-state index in [9.17, 15) is 38.9 Å². The molecule has 3 atom stereocenters. The van der Waals surface area contributed by atoms with E-state index < -0.39 is 77.3 Å². The molecular weight excluding hydrogens is 552 g/mol. The van der Waals surface area contributed by atoms with Gasteiger partial charge >= 0.3 is 11.9 Å². The number of nitro groups is 1. The van der Waals surface area contributed by atoms with E-state index in [2.05, 4.69) is 21.3 Å². The largest absolute Gasteiger partial charge is 0.481 e. The normalized spacial score (nSPS) is 19.8. The number of amides is 4. The number of hydrogen-bond donors (Lipinski definition) is 7. The molecule has 1 aliphatic rings. The average molecular weight is 583 g/mol. The van der Waals surface area contributed by atoms with Gasteiger partial charge in [-0.15, -0.1) is 11.8 Å². The topological polar surface area (TPSA) is 260 Å². The lowest BCUT2D eigenvalue weighted by atomic mass is 10.1. The number of carbonyl (C=O) groups excluding carboxylic acids is 4. The number of nitrogens with two attached hydrogens (primary N) is 1. The third-order valence-corrected chi connectivity index (χ3v) is 6.89. The second kappa shape index (κ2) is 15.4. The number of hydrogen-bond acceptors (Lipinski definition) is 10. The van der Waals surface area contributed by atoms with E-state index in [0.717, 1.165) is 23.9 Å². The summed E-state index contributed by atoms with van der Waals surface area (Å²) in [5.74, 6) is -6.20. The first kappa shape index (κ1) is 32.0. The quantitative estimate of drug-likeness (QED) is 0.0938. The third-order valence-electron chi connectivity index (χ3n) is 5.72. The van der Waals surface area contributed by atoms with Crippen molar-refractivity contribution in [3.05, 3.63) is 33.9 Å². The van der Waals surface area contributed by atoms with Crippen molar-refractivity contribution in [3.8, 4) is 0 Å². The van der Waals surface area contributed by atoms with E-state index in [0.29, 0.717) is 19.4 Å². The van der Waals surface area contributed by atoms with E-state index in [1.165, 1.54) is 6.07 Å². The highest BCUT2D eigenvalue weighted by atomic mass is 32.2. The fraction of sp³-hybridized carbons (Fsp3) is 0.478. The van der Waals surface area contributed by atoms with Crippen LogP contribution in [0, 0.1) is 10.1 Å². The number of carbonyl (C=O) groups is 6. The van der Waals surface area contributed by atoms with Crippen LogP contribution < -0.4 is 27.0 Å². The smallest absolute Gasteiger partial charge is 0.322 e. The maximum atomic E-state index is 13.2. The number of nitrogens with one attached hydrogen (secondary N) is 4. The molecule has 17 heteroatoms. The van der Waals surface area contributed by atoms with Gasteiger partial charge in [0.2, 0.25) is 17.7 Å². The SMILES string of the molecule is NCCCC[C@@H]1NC(=O)C(CCC(=O)O)NC(=O)c2cc([N+](=O)[O-])ccc2SC[C@@H](C(=O)NCC(=O)O)NC1=O. The first-order valence-corrected chi connectivity index (χ1v) is 13.2. The molecule has 40 heavy (non-hydrogen) atoms. The molecule has 1 unspecified atom stereocenters. The van der Waals surface area contributed by atoms with Crippen LogP contribution in [0.2, 0.25) is 0 Å². The van der Waals surface area contributed by atoms with Crippen LogP contribution in [0.1, 0.15) is 42.5 Å². The molecule has 0 radical (unpaired) electrons. The second-order valence-corrected chi connectivity index (χ2v) is 9.79. The van der Waals surface area contributed by atoms with E-state index in [4.69, 9.17) is 15.9 Å². The Kier molecular flexibility index (Phi) is 12.3. The number of carboxylic acid groups (broad SMARTS) is 2. The summed E-state index contributed by atoms with van der Waals surface area (Å²) in [6.45, 7) is -0.427. The zero-order valence-corrected chi connectivity index (χ0v) is 22.0. The Morgan fingerprint density at radius 1 is 1.02 bits per heavy atom. The van der Waals surface area contributed by atoms with Crippen molar-refractivity contribution in [2.75, 3.05) is 18.8 Å². The lowest BCUT2D eigenvalue weighted by molar-refractivity contribution is -0.384. The lowest BCUT2D eigenvalue weighted by Gasteiger charge is -2.24. The van der Waals surface area contributed by atoms with Gasteiger partial charge in [-0.2, -0.15) is 0 Å². The van der Waals surface area contributed by atoms with Crippen LogP contribution in [0.5, 0.6) is 0 Å². The molecule has 0 bridgehead atoms. The van der Waals surface area contributed by atoms with Gasteiger partial charge in [-0.1, -0.05) is 0 Å². The van der Waals surface area contributed by atoms with Crippen LogP contribution in [-0.4, -0.2) is 87.7 Å². The summed E-state index contributed by atoms with van der Waals surface area (Å²) in [5, 5.41) is 38.9. The first-order chi connectivity index (χ1) is 18.9. The van der Waals surface area contributed by atoms with Crippen LogP contribution in [0.15, 0.2) is 23.1 Å². The van der Waals surface area contributed by atoms with E-state index in [-0.39, 0.29) is 29.1 Å². The van der Waals surface area contributed by atoms with E-state index in [1.54, 1.807) is 0 Å². The van der Waals surface area contributed by atoms with Gasteiger partial charge in [0.05, 0.1) is 10.5 Å². The molecule has 1 heterocycles. The number of rotatable bonds is 11. The van der Waals surface area contributed by atoms with Crippen molar-refractivity contribution in [3.63, 3.8) is 0 Å². The summed E-state index contributed by atoms with van der Waals surface area (Å²) < 4.78 is 0. The van der Waals surface area contributed by atoms with Crippen LogP contribution in [0.25, 0.3) is 0 Å². The Hall–Kier alpha value is -4.25. The molecule has 0 spiro atoms. The summed E-state index contributed by atoms with van der Waals surface area (Å²) in [4.78, 5) is 85.2. The summed E-state index contributed by atoms with van der Waals surface area (Å²) in [7, 11) is 0. The molecule has 0 saturated carbocycles. The maximum Gasteiger partial charge on any atom is 0.322 e. The van der Waals surface area contributed by atoms with Crippen LogP contribution in [-0.2, 0) is 24.0 Å². The highest BCUT2D eigenvalue weighted by Crippen LogP contribution is 2.28. The Morgan fingerprint density at radius 3 is 2.33 bits per heavy atom. The minimum atomic E-state index is -1.42. The molecule has 16 nitrogen and oxygen atoms in total. The maximum absolute atomic E-state index is 13.2. The van der Waals surface area contributed by atoms with E-state index >= 15 is 0 Å². The monoisotopic (exact) mass is 582 g/mol. The predicted molar refractivity (Wildman–Crippen MR) is 139 cm³/mol. The number of non-ortho nitro benzene ring substituents is 1. The van der Waals surface area contributed by atoms with Crippen molar-refractivity contribution in [2.45, 2.75) is 55.1 Å². The number of nitrogens with zero attached hydrogens (tertiary/aromatic N) is 1. The van der Waals surface area contributed by atoms with Gasteiger partial charge in [0.15, 0.2) is 0 Å². The van der Waals surface area contributed by atoms with Crippen molar-refractivity contribution in [1.82, 2.24) is 21.3 Å². The molecule has 0 fully saturated rings. The number of unbranched alkanes of at least 4 members (excludes halogenated alkanes) is 1. The minimum absolute atomic E-state index is 0.0946. The summed E-state index contributed by atoms with van der Waals surface area (Å²) in [6, 6.07) is -0.587. The molecule has 8 N–H and O–H groups in total. The molecule has 0 aromatic heterocycles. The van der Waals surface area contributed by atoms with Crippen molar-refractivity contribution < 1.29 is 43.9 Å². The molecule has 218 valence electrons. The van der Waals surface area contributed by atoms with Crippen molar-refractivity contribution in [1.29, 1.82) is 0 Å². The molecule has 1 aromatic carbocycles. The van der Waals surface area contributed by atoms with Crippen molar-refractivity contribution >= 4 is 53.0 Å². The van der Waals surface area contributed by atoms with Gasteiger partial charge in [0, 0.05) is 29.2 Å². The number of aliphatic carboxylic acids is 2. The molecule has 4 amide bonds. The number of thioether (sulfide) groups is 1. The van der Waals surface area contributed by atoms with Gasteiger partial charge in [0.1, 0.15) is 24.7 Å². The molecule has 0 saturated heterocycles. The van der Waals surface area contributed by atoms with Gasteiger partial charge in [-0.05, 0) is 38.3 Å². The minimum Gasteiger partial charge on any atom is -0.481 e. The molecule has 1 aromatic rings. The highest BCUT2D eigenvalue weighted by molar-refractivity contribution is 7.99. The lowest BCUT2D eigenvalue weighted by Crippen LogP contribution is -2.57. The van der Waals surface area contributed by atoms with Crippen LogP contribution >= 0.6 is 11.8 Å². The number of benzene rings is 1. The highest BCUT2D eigenvalue weighted by Gasteiger charge is 2.32. The molecular formula is C23H30N6O10S. The van der Waals surface area contributed by atoms with E-state index in [1.807, 2.05) is 0 Å². The summed E-state index contributed by atoms with van der Waals surface area (Å²) in [5.41, 5.74) is 4.87. The van der Waals surface area contributed by atoms with Gasteiger partial charge in [-0.25, -0.2) is 0 Å². The number of carboxylic acids is 2. The Bertz CT molecular complexity index is 1160. The second-order valence-electron chi connectivity index (χ2n) is 8.73. The van der Waals surface area contributed by atoms with Crippen LogP contribution in [0.3, 0.4) is 0 Å². The number of nitro benzene ring substituents is 1. The molecule has 1 aliphatic heterocycles. The average Bonchev–Trinajstić information content (AvgIpc) is 2.90. The van der Waals surface area contributed by atoms with Gasteiger partial charge in [0.25, 0.3) is 11.6 Å². The van der Waals surface area contributed by atoms with Crippen LogP contribution in [0.4, 0.5) is 5.69 Å². The Balaban J connectivity index is 2.53. The third kappa shape index (κ3) is 9.81. The molecule has 0 aliphatic carbocycles. The fourth-order valence-corrected chi connectivity index (χ4v) is 4.71. The number of fused-ring (bicyclic) bond motifs is 1. The molecule has 2 rings (SSSR count). The standard InChI is InChI=1S/C23H30N6O10S/c24-8-2-1-3-14-22(36)28-16(21(35)25-10-19(32)33)11-40-17-6-4-12(29(38)39)9-13(17)20(34)26-15(23(37)27-14)5-7-18(30)31/h4,6,9,14-16H,1-3,5,7-8,10-11,24H2,(H,25,35)(H,26,34)(H,27,37)(H,28,36)(H,30,31)(H,32,33)/t14-,15?,16-/m0/s1. The Labute approximate surface area is 232 Å².